The van der Waals surface area contributed by atoms with Crippen molar-refractivity contribution in [3.63, 3.8) is 0 Å². The molecule has 0 N–H and O–H groups in total. The second kappa shape index (κ2) is 6.41. The molecule has 0 bridgehead atoms. The van der Waals surface area contributed by atoms with E-state index < -0.39 is 0 Å². The van der Waals surface area contributed by atoms with E-state index in [4.69, 9.17) is 16.3 Å². The van der Waals surface area contributed by atoms with E-state index in [2.05, 4.69) is 32.5 Å². The number of ether oxygens (including phenoxy) is 1. The lowest BCUT2D eigenvalue weighted by Gasteiger charge is -2.14. The van der Waals surface area contributed by atoms with Crippen LogP contribution in [0, 0.1) is 6.92 Å². The minimum absolute atomic E-state index is 0.417. The zero-order chi connectivity index (χ0) is 12.1. The van der Waals surface area contributed by atoms with Crippen LogP contribution in [0.5, 0.6) is 5.75 Å². The van der Waals surface area contributed by atoms with Gasteiger partial charge >= 0.3 is 0 Å². The molecular weight excluding hydrogens is 240 g/mol. The van der Waals surface area contributed by atoms with E-state index in [1.54, 1.807) is 0 Å². The van der Waals surface area contributed by atoms with Gasteiger partial charge in [-0.2, -0.15) is 12.6 Å². The van der Waals surface area contributed by atoms with Gasteiger partial charge in [0.1, 0.15) is 5.75 Å². The molecule has 0 radical (unpaired) electrons. The lowest BCUT2D eigenvalue weighted by molar-refractivity contribution is 0.316. The lowest BCUT2D eigenvalue weighted by Crippen LogP contribution is -2.01. The Hall–Kier alpha value is -0.340. The van der Waals surface area contributed by atoms with Gasteiger partial charge in [-0.1, -0.05) is 25.4 Å². The molecule has 3 heteroatoms. The van der Waals surface area contributed by atoms with E-state index in [0.717, 1.165) is 34.1 Å². The van der Waals surface area contributed by atoms with Crippen LogP contribution in [-0.2, 0) is 0 Å². The highest BCUT2D eigenvalue weighted by molar-refractivity contribution is 7.80. The van der Waals surface area contributed by atoms with Crippen molar-refractivity contribution in [3.05, 3.63) is 28.3 Å². The molecule has 0 saturated heterocycles. The summed E-state index contributed by atoms with van der Waals surface area (Å²) in [5.74, 6) is 2.21. The van der Waals surface area contributed by atoms with E-state index in [-0.39, 0.29) is 0 Å². The number of hydrogen-bond acceptors (Lipinski definition) is 2. The van der Waals surface area contributed by atoms with Crippen molar-refractivity contribution in [2.45, 2.75) is 33.1 Å². The van der Waals surface area contributed by atoms with Gasteiger partial charge in [-0.15, -0.1) is 0 Å². The van der Waals surface area contributed by atoms with Crippen molar-refractivity contribution >= 4 is 24.2 Å². The maximum Gasteiger partial charge on any atom is 0.122 e. The molecule has 0 spiro atoms. The Bertz CT molecular complexity index is 350. The molecule has 1 aromatic carbocycles. The second-order valence-corrected chi connectivity index (χ2v) is 5.07. The van der Waals surface area contributed by atoms with Crippen molar-refractivity contribution in [2.75, 3.05) is 12.4 Å². The smallest absolute Gasteiger partial charge is 0.122 e. The summed E-state index contributed by atoms with van der Waals surface area (Å²) in [6.45, 7) is 7.00. The fourth-order valence-corrected chi connectivity index (χ4v) is 2.08. The summed E-state index contributed by atoms with van der Waals surface area (Å²) in [7, 11) is 0. The standard InChI is InChI=1S/C13H19ClOS/c1-9(2)11-8-13(15-5-4-6-16)10(3)7-12(11)14/h7-9,16H,4-6H2,1-3H3. The molecule has 0 aliphatic carbocycles. The van der Waals surface area contributed by atoms with Crippen LogP contribution in [0.15, 0.2) is 12.1 Å². The van der Waals surface area contributed by atoms with Crippen LogP contribution in [0.4, 0.5) is 0 Å². The van der Waals surface area contributed by atoms with Crippen molar-refractivity contribution in [1.29, 1.82) is 0 Å². The average molecular weight is 259 g/mol. The molecule has 0 saturated carbocycles. The van der Waals surface area contributed by atoms with Gasteiger partial charge in [0.25, 0.3) is 0 Å². The first kappa shape index (κ1) is 13.7. The Labute approximate surface area is 109 Å². The van der Waals surface area contributed by atoms with Crippen LogP contribution in [-0.4, -0.2) is 12.4 Å². The molecule has 0 unspecified atom stereocenters. The summed E-state index contributed by atoms with van der Waals surface area (Å²) >= 11 is 10.4. The maximum absolute atomic E-state index is 6.19. The summed E-state index contributed by atoms with van der Waals surface area (Å²) < 4.78 is 5.72. The van der Waals surface area contributed by atoms with Gasteiger partial charge in [0.15, 0.2) is 0 Å². The highest BCUT2D eigenvalue weighted by Crippen LogP contribution is 2.31. The number of thiol groups is 1. The molecule has 0 fully saturated rings. The quantitative estimate of drug-likeness (QED) is 0.606. The van der Waals surface area contributed by atoms with Gasteiger partial charge < -0.3 is 4.74 Å². The zero-order valence-electron chi connectivity index (χ0n) is 10.1. The first-order valence-electron chi connectivity index (χ1n) is 5.60. The third-order valence-corrected chi connectivity index (χ3v) is 3.12. The number of hydrogen-bond donors (Lipinski definition) is 1. The molecule has 90 valence electrons. The molecule has 16 heavy (non-hydrogen) atoms. The van der Waals surface area contributed by atoms with E-state index in [9.17, 15) is 0 Å². The van der Waals surface area contributed by atoms with Crippen LogP contribution in [0.2, 0.25) is 5.02 Å². The van der Waals surface area contributed by atoms with Crippen LogP contribution >= 0.6 is 24.2 Å². The van der Waals surface area contributed by atoms with E-state index in [1.807, 2.05) is 13.0 Å². The normalized spacial score (nSPS) is 10.9. The fraction of sp³-hybridized carbons (Fsp3) is 0.538. The number of halogens is 1. The Balaban J connectivity index is 2.87. The van der Waals surface area contributed by atoms with Gasteiger partial charge in [-0.25, -0.2) is 0 Å². The average Bonchev–Trinajstić information content (AvgIpc) is 2.21. The predicted octanol–water partition coefficient (Wildman–Crippen LogP) is 4.47. The van der Waals surface area contributed by atoms with Gasteiger partial charge in [0.05, 0.1) is 6.61 Å². The van der Waals surface area contributed by atoms with Gasteiger partial charge in [0, 0.05) is 5.02 Å². The Morgan fingerprint density at radius 2 is 2.06 bits per heavy atom. The minimum atomic E-state index is 0.417. The number of aryl methyl sites for hydroxylation is 1. The van der Waals surface area contributed by atoms with E-state index in [1.165, 1.54) is 0 Å². The molecule has 0 heterocycles. The minimum Gasteiger partial charge on any atom is -0.493 e. The maximum atomic E-state index is 6.19. The van der Waals surface area contributed by atoms with Crippen molar-refractivity contribution < 1.29 is 4.74 Å². The Morgan fingerprint density at radius 1 is 1.38 bits per heavy atom. The van der Waals surface area contributed by atoms with Crippen LogP contribution < -0.4 is 4.74 Å². The molecular formula is C13H19ClOS. The summed E-state index contributed by atoms with van der Waals surface area (Å²) in [4.78, 5) is 0. The van der Waals surface area contributed by atoms with Gasteiger partial charge in [0.2, 0.25) is 0 Å². The molecule has 0 atom stereocenters. The molecule has 0 aliphatic rings. The van der Waals surface area contributed by atoms with Crippen molar-refractivity contribution in [1.82, 2.24) is 0 Å². The van der Waals surface area contributed by atoms with Crippen molar-refractivity contribution in [2.24, 2.45) is 0 Å². The van der Waals surface area contributed by atoms with Crippen LogP contribution in [0.1, 0.15) is 37.3 Å². The van der Waals surface area contributed by atoms with Gasteiger partial charge in [-0.3, -0.25) is 0 Å². The van der Waals surface area contributed by atoms with E-state index >= 15 is 0 Å². The molecule has 1 rings (SSSR count). The first-order valence-corrected chi connectivity index (χ1v) is 6.61. The number of rotatable bonds is 5. The highest BCUT2D eigenvalue weighted by atomic mass is 35.5. The molecule has 1 aromatic rings. The number of benzene rings is 1. The first-order chi connectivity index (χ1) is 7.56. The van der Waals surface area contributed by atoms with Crippen LogP contribution in [0.3, 0.4) is 0 Å². The molecule has 0 amide bonds. The molecule has 0 aromatic heterocycles. The predicted molar refractivity (Wildman–Crippen MR) is 74.2 cm³/mol. The van der Waals surface area contributed by atoms with Gasteiger partial charge in [-0.05, 0) is 48.3 Å². The van der Waals surface area contributed by atoms with Crippen LogP contribution in [0.25, 0.3) is 0 Å². The molecule has 0 aliphatic heterocycles. The Kier molecular flexibility index (Phi) is 5.50. The summed E-state index contributed by atoms with van der Waals surface area (Å²) in [6, 6.07) is 4.04. The lowest BCUT2D eigenvalue weighted by atomic mass is 10.0. The van der Waals surface area contributed by atoms with E-state index in [0.29, 0.717) is 12.5 Å². The highest BCUT2D eigenvalue weighted by Gasteiger charge is 2.09. The topological polar surface area (TPSA) is 9.23 Å². The summed E-state index contributed by atoms with van der Waals surface area (Å²) in [5, 5.41) is 0.828. The third kappa shape index (κ3) is 3.60. The summed E-state index contributed by atoms with van der Waals surface area (Å²) in [6.07, 6.45) is 0.961. The Morgan fingerprint density at radius 3 is 2.62 bits per heavy atom. The third-order valence-electron chi connectivity index (χ3n) is 2.48. The second-order valence-electron chi connectivity index (χ2n) is 4.22. The SMILES string of the molecule is Cc1cc(Cl)c(C(C)C)cc1OCCCS. The van der Waals surface area contributed by atoms with Crippen molar-refractivity contribution in [3.8, 4) is 5.75 Å². The fourth-order valence-electron chi connectivity index (χ4n) is 1.51. The zero-order valence-corrected chi connectivity index (χ0v) is 11.7. The monoisotopic (exact) mass is 258 g/mol. The summed E-state index contributed by atoms with van der Waals surface area (Å²) in [5.41, 5.74) is 2.24. The largest absolute Gasteiger partial charge is 0.493 e. The molecule has 1 nitrogen and oxygen atoms in total.